The van der Waals surface area contributed by atoms with Gasteiger partial charge in [0.15, 0.2) is 0 Å². The molecule has 39 heavy (non-hydrogen) atoms. The fourth-order valence-electron chi connectivity index (χ4n) is 3.41. The molecule has 0 aromatic rings. The average Bonchev–Trinajstić information content (AvgIpc) is 3.41. The number of hydrogen-bond donors (Lipinski definition) is 0. The van der Waals surface area contributed by atoms with Crippen LogP contribution in [0.4, 0.5) is 4.79 Å². The molecule has 2 heterocycles. The molecule has 0 aromatic heterocycles. The summed E-state index contributed by atoms with van der Waals surface area (Å²) in [6.07, 6.45) is 8.31. The van der Waals surface area contributed by atoms with Gasteiger partial charge in [0.2, 0.25) is 0 Å². The summed E-state index contributed by atoms with van der Waals surface area (Å²) < 4.78 is 25.9. The highest BCUT2D eigenvalue weighted by molar-refractivity contribution is 6.13. The third kappa shape index (κ3) is 13.2. The average molecular weight is 553 g/mol. The van der Waals surface area contributed by atoms with Gasteiger partial charge in [-0.25, -0.2) is 4.79 Å². The minimum Gasteiger partial charge on any atom is -0.466 e. The van der Waals surface area contributed by atoms with Crippen molar-refractivity contribution < 1.29 is 52.5 Å². The molecule has 0 N–H and O–H groups in total. The minimum absolute atomic E-state index is 0.00946. The van der Waals surface area contributed by atoms with Gasteiger partial charge in [-0.05, 0) is 38.5 Å². The summed E-state index contributed by atoms with van der Waals surface area (Å²) in [5.41, 5.74) is 0. The Labute approximate surface area is 227 Å². The number of carbonyl (C=O) groups is 6. The van der Waals surface area contributed by atoms with Crippen molar-refractivity contribution in [3.8, 4) is 0 Å². The van der Waals surface area contributed by atoms with E-state index in [9.17, 15) is 28.8 Å². The van der Waals surface area contributed by atoms with E-state index < -0.39 is 35.8 Å². The van der Waals surface area contributed by atoms with Crippen LogP contribution in [0.2, 0.25) is 0 Å². The van der Waals surface area contributed by atoms with Gasteiger partial charge >= 0.3 is 12.1 Å². The molecule has 0 unspecified atom stereocenters. The van der Waals surface area contributed by atoms with Crippen molar-refractivity contribution >= 4 is 35.8 Å². The maximum absolute atomic E-state index is 11.7. The van der Waals surface area contributed by atoms with Crippen LogP contribution < -0.4 is 0 Å². The van der Waals surface area contributed by atoms with Gasteiger partial charge < -0.3 is 23.7 Å². The normalized spacial score (nSPS) is 14.6. The molecular weight excluding hydrogens is 516 g/mol. The molecule has 4 amide bonds. The molecule has 0 bridgehead atoms. The summed E-state index contributed by atoms with van der Waals surface area (Å²) in [5, 5.41) is 0. The molecule has 0 saturated carbocycles. The van der Waals surface area contributed by atoms with E-state index in [1.54, 1.807) is 0 Å². The maximum Gasteiger partial charge on any atom is 0.508 e. The summed E-state index contributed by atoms with van der Waals surface area (Å²) in [5.74, 6) is -2.13. The number of rotatable bonds is 21. The molecule has 13 heteroatoms. The lowest BCUT2D eigenvalue weighted by atomic mass is 10.3. The first-order valence-corrected chi connectivity index (χ1v) is 13.1. The molecule has 13 nitrogen and oxygen atoms in total. The van der Waals surface area contributed by atoms with Crippen molar-refractivity contribution in [1.29, 1.82) is 0 Å². The number of imide groups is 2. The first kappa shape index (κ1) is 31.6. The van der Waals surface area contributed by atoms with Crippen molar-refractivity contribution in [2.24, 2.45) is 0 Å². The Morgan fingerprint density at radius 3 is 1.38 bits per heavy atom. The van der Waals surface area contributed by atoms with E-state index in [-0.39, 0.29) is 39.3 Å². The van der Waals surface area contributed by atoms with E-state index >= 15 is 0 Å². The van der Waals surface area contributed by atoms with Gasteiger partial charge in [0, 0.05) is 57.3 Å². The molecule has 216 valence electrons. The Kier molecular flexibility index (Phi) is 15.1. The Bertz CT molecular complexity index is 880. The molecular formula is C26H36N2O11. The van der Waals surface area contributed by atoms with E-state index in [1.165, 1.54) is 24.3 Å². The first-order chi connectivity index (χ1) is 18.9. The number of hydrogen-bond acceptors (Lipinski definition) is 11. The second-order valence-electron chi connectivity index (χ2n) is 8.59. The van der Waals surface area contributed by atoms with E-state index in [0.717, 1.165) is 35.5 Å². The SMILES string of the molecule is O=C(CCN1C(=O)C=CC1=O)OCCCCOCCCCOCCCCOC(=O)OCCN1C(=O)C=CC1=O. The lowest BCUT2D eigenvalue weighted by molar-refractivity contribution is -0.145. The first-order valence-electron chi connectivity index (χ1n) is 13.1. The fourth-order valence-corrected chi connectivity index (χ4v) is 3.41. The molecule has 2 aliphatic rings. The van der Waals surface area contributed by atoms with Crippen LogP contribution in [0.25, 0.3) is 0 Å². The van der Waals surface area contributed by atoms with Crippen LogP contribution in [0.1, 0.15) is 44.9 Å². The van der Waals surface area contributed by atoms with Crippen molar-refractivity contribution in [1.82, 2.24) is 9.80 Å². The smallest absolute Gasteiger partial charge is 0.466 e. The van der Waals surface area contributed by atoms with Crippen LogP contribution >= 0.6 is 0 Å². The lowest BCUT2D eigenvalue weighted by Crippen LogP contribution is -2.33. The zero-order valence-corrected chi connectivity index (χ0v) is 22.0. The summed E-state index contributed by atoms with van der Waals surface area (Å²) in [6, 6.07) is 0. The van der Waals surface area contributed by atoms with Gasteiger partial charge in [0.25, 0.3) is 23.6 Å². The second-order valence-corrected chi connectivity index (χ2v) is 8.59. The van der Waals surface area contributed by atoms with Crippen molar-refractivity contribution in [2.45, 2.75) is 44.9 Å². The van der Waals surface area contributed by atoms with Crippen molar-refractivity contribution in [3.63, 3.8) is 0 Å². The minimum atomic E-state index is -0.840. The molecule has 0 atom stereocenters. The highest BCUT2D eigenvalue weighted by atomic mass is 16.7. The van der Waals surface area contributed by atoms with Crippen LogP contribution in [0.3, 0.4) is 0 Å². The van der Waals surface area contributed by atoms with Gasteiger partial charge in [-0.2, -0.15) is 0 Å². The van der Waals surface area contributed by atoms with Crippen LogP contribution in [0.15, 0.2) is 24.3 Å². The van der Waals surface area contributed by atoms with Crippen molar-refractivity contribution in [3.05, 3.63) is 24.3 Å². The Balaban J connectivity index is 1.26. The fraction of sp³-hybridized carbons (Fsp3) is 0.615. The molecule has 0 fully saturated rings. The molecule has 2 aliphatic heterocycles. The Morgan fingerprint density at radius 1 is 0.513 bits per heavy atom. The van der Waals surface area contributed by atoms with Gasteiger partial charge in [0.05, 0.1) is 26.2 Å². The third-order valence-electron chi connectivity index (χ3n) is 5.55. The summed E-state index contributed by atoms with van der Waals surface area (Å²) in [6.45, 7) is 2.69. The van der Waals surface area contributed by atoms with Crippen molar-refractivity contribution in [2.75, 3.05) is 59.3 Å². The van der Waals surface area contributed by atoms with E-state index in [1.807, 2.05) is 0 Å². The Hall–Kier alpha value is -3.58. The van der Waals surface area contributed by atoms with Crippen LogP contribution in [0.5, 0.6) is 0 Å². The number of ether oxygens (including phenoxy) is 5. The zero-order valence-electron chi connectivity index (χ0n) is 22.0. The summed E-state index contributed by atoms with van der Waals surface area (Å²) in [7, 11) is 0. The highest BCUT2D eigenvalue weighted by Crippen LogP contribution is 2.06. The van der Waals surface area contributed by atoms with Crippen LogP contribution in [0, 0.1) is 0 Å². The van der Waals surface area contributed by atoms with E-state index in [0.29, 0.717) is 39.3 Å². The summed E-state index contributed by atoms with van der Waals surface area (Å²) in [4.78, 5) is 70.7. The monoisotopic (exact) mass is 552 g/mol. The predicted molar refractivity (Wildman–Crippen MR) is 134 cm³/mol. The third-order valence-corrected chi connectivity index (χ3v) is 5.55. The number of amides is 4. The number of carbonyl (C=O) groups excluding carboxylic acids is 6. The molecule has 2 rings (SSSR count). The van der Waals surface area contributed by atoms with Gasteiger partial charge in [-0.1, -0.05) is 0 Å². The molecule has 0 spiro atoms. The summed E-state index contributed by atoms with van der Waals surface area (Å²) >= 11 is 0. The second kappa shape index (κ2) is 18.6. The quantitative estimate of drug-likeness (QED) is 0.115. The van der Waals surface area contributed by atoms with E-state index in [2.05, 4.69) is 0 Å². The largest absolute Gasteiger partial charge is 0.508 e. The lowest BCUT2D eigenvalue weighted by Gasteiger charge is -2.13. The molecule has 0 aliphatic carbocycles. The molecule has 0 aromatic carbocycles. The number of unbranched alkanes of at least 4 members (excludes halogenated alkanes) is 3. The predicted octanol–water partition coefficient (Wildman–Crippen LogP) is 1.30. The molecule has 0 saturated heterocycles. The topological polar surface area (TPSA) is 155 Å². The van der Waals surface area contributed by atoms with Crippen LogP contribution in [-0.2, 0) is 47.7 Å². The van der Waals surface area contributed by atoms with Crippen LogP contribution in [-0.4, -0.2) is 105 Å². The zero-order chi connectivity index (χ0) is 28.3. The molecule has 0 radical (unpaired) electrons. The maximum atomic E-state index is 11.7. The Morgan fingerprint density at radius 2 is 0.897 bits per heavy atom. The van der Waals surface area contributed by atoms with Gasteiger partial charge in [0.1, 0.15) is 6.61 Å². The standard InChI is InChI=1S/C26H36N2O11/c29-21-7-8-22(30)27(21)12-11-25(33)37-18-5-3-16-35-14-1-2-15-36-17-4-6-19-38-26(34)39-20-13-28-23(31)9-10-24(28)32/h7-10H,1-6,11-20H2. The highest BCUT2D eigenvalue weighted by Gasteiger charge is 2.24. The number of esters is 1. The van der Waals surface area contributed by atoms with Gasteiger partial charge in [-0.3, -0.25) is 33.8 Å². The number of nitrogens with zero attached hydrogens (tertiary/aromatic N) is 2. The van der Waals surface area contributed by atoms with E-state index in [4.69, 9.17) is 23.7 Å². The van der Waals surface area contributed by atoms with Gasteiger partial charge in [-0.15, -0.1) is 0 Å².